The van der Waals surface area contributed by atoms with Crippen LogP contribution < -0.4 is 11.1 Å². The Morgan fingerprint density at radius 3 is 2.52 bits per heavy atom. The van der Waals surface area contributed by atoms with Crippen molar-refractivity contribution in [3.63, 3.8) is 0 Å². The van der Waals surface area contributed by atoms with Gasteiger partial charge in [-0.2, -0.15) is 18.3 Å². The summed E-state index contributed by atoms with van der Waals surface area (Å²) in [6, 6.07) is 1.17. The van der Waals surface area contributed by atoms with Crippen LogP contribution in [0.1, 0.15) is 96.4 Å². The molecule has 40 heavy (non-hydrogen) atoms. The van der Waals surface area contributed by atoms with Crippen molar-refractivity contribution in [2.45, 2.75) is 82.3 Å². The van der Waals surface area contributed by atoms with E-state index in [0.29, 0.717) is 16.9 Å². The lowest BCUT2D eigenvalue weighted by atomic mass is 9.75. The summed E-state index contributed by atoms with van der Waals surface area (Å²) in [5.41, 5.74) is 7.37. The number of hydrogen-bond acceptors (Lipinski definition) is 6. The maximum Gasteiger partial charge on any atom is 0.389 e. The zero-order chi connectivity index (χ0) is 28.8. The SMILES string of the molecule is Cc1noc([C@H](c2cn3ncc([C@H](NC(=O)CCC(F)(F)F)C4CC4)cc3n2)C2CCC(F)(F)CC2)c1C(N)=O. The van der Waals surface area contributed by atoms with E-state index in [1.807, 2.05) is 0 Å². The molecule has 3 heterocycles. The first-order chi connectivity index (χ1) is 18.8. The van der Waals surface area contributed by atoms with Gasteiger partial charge in [0.15, 0.2) is 11.4 Å². The van der Waals surface area contributed by atoms with Crippen LogP contribution in [0.3, 0.4) is 0 Å². The molecule has 2 aliphatic carbocycles. The van der Waals surface area contributed by atoms with Gasteiger partial charge in [-0.05, 0) is 56.1 Å². The van der Waals surface area contributed by atoms with Crippen molar-refractivity contribution < 1.29 is 36.1 Å². The molecule has 2 amide bonds. The monoisotopic (exact) mass is 568 g/mol. The van der Waals surface area contributed by atoms with Crippen LogP contribution in [0.2, 0.25) is 0 Å². The van der Waals surface area contributed by atoms with Crippen LogP contribution in [0.25, 0.3) is 5.65 Å². The molecule has 2 atom stereocenters. The second-order valence-electron chi connectivity index (χ2n) is 10.8. The number of nitrogens with two attached hydrogens (primary N) is 1. The van der Waals surface area contributed by atoms with Crippen molar-refractivity contribution in [2.24, 2.45) is 17.6 Å². The quantitative estimate of drug-likeness (QED) is 0.350. The highest BCUT2D eigenvalue weighted by Crippen LogP contribution is 2.46. The van der Waals surface area contributed by atoms with Gasteiger partial charge in [-0.1, -0.05) is 5.16 Å². The smallest absolute Gasteiger partial charge is 0.365 e. The highest BCUT2D eigenvalue weighted by molar-refractivity contribution is 5.95. The maximum absolute atomic E-state index is 14.0. The number of nitrogens with one attached hydrogen (secondary N) is 1. The highest BCUT2D eigenvalue weighted by Gasteiger charge is 2.42. The Kier molecular flexibility index (Phi) is 7.29. The molecule has 216 valence electrons. The molecule has 0 unspecified atom stereocenters. The number of alkyl halides is 5. The van der Waals surface area contributed by atoms with Gasteiger partial charge in [0.05, 0.1) is 42.2 Å². The number of carbonyl (C=O) groups excluding carboxylic acids is 2. The van der Waals surface area contributed by atoms with E-state index in [0.717, 1.165) is 12.8 Å². The predicted molar refractivity (Wildman–Crippen MR) is 130 cm³/mol. The van der Waals surface area contributed by atoms with Crippen LogP contribution in [0.5, 0.6) is 0 Å². The molecule has 9 nitrogen and oxygen atoms in total. The molecule has 3 aromatic rings. The molecule has 0 bridgehead atoms. The first-order valence-electron chi connectivity index (χ1n) is 13.2. The molecule has 0 aromatic carbocycles. The van der Waals surface area contributed by atoms with Crippen LogP contribution >= 0.6 is 0 Å². The van der Waals surface area contributed by atoms with Crippen molar-refractivity contribution >= 4 is 17.5 Å². The first-order valence-corrected chi connectivity index (χ1v) is 13.2. The van der Waals surface area contributed by atoms with E-state index in [1.54, 1.807) is 19.2 Å². The predicted octanol–water partition coefficient (Wildman–Crippen LogP) is 4.99. The van der Waals surface area contributed by atoms with Crippen molar-refractivity contribution in [3.8, 4) is 0 Å². The lowest BCUT2D eigenvalue weighted by Gasteiger charge is -2.32. The van der Waals surface area contributed by atoms with Crippen LogP contribution in [-0.2, 0) is 4.79 Å². The minimum Gasteiger partial charge on any atom is -0.365 e. The summed E-state index contributed by atoms with van der Waals surface area (Å²) in [5, 5.41) is 11.0. The zero-order valence-corrected chi connectivity index (χ0v) is 21.7. The van der Waals surface area contributed by atoms with Crippen molar-refractivity contribution in [2.75, 3.05) is 0 Å². The molecule has 14 heteroatoms. The Morgan fingerprint density at radius 1 is 1.20 bits per heavy atom. The second kappa shape index (κ2) is 10.4. The number of aryl methyl sites for hydroxylation is 1. The zero-order valence-electron chi connectivity index (χ0n) is 21.7. The van der Waals surface area contributed by atoms with Gasteiger partial charge in [0.25, 0.3) is 5.91 Å². The summed E-state index contributed by atoms with van der Waals surface area (Å²) in [6.07, 6.45) is -1.86. The summed E-state index contributed by atoms with van der Waals surface area (Å²) >= 11 is 0. The Morgan fingerprint density at radius 2 is 1.90 bits per heavy atom. The number of halogens is 5. The Labute approximate surface area is 225 Å². The topological polar surface area (TPSA) is 128 Å². The summed E-state index contributed by atoms with van der Waals surface area (Å²) in [6.45, 7) is 1.57. The van der Waals surface area contributed by atoms with E-state index >= 15 is 0 Å². The standard InChI is InChI=1S/C26H29F5N6O3/c1-13-20(24(32)39)23(40-36-13)21(14-4-7-25(27,28)8-5-14)17-12-37-18(34-17)10-16(11-33-37)22(15-2-3-15)35-19(38)6-9-26(29,30)31/h10-12,14-15,21-22H,2-9H2,1H3,(H2,32,39)(H,35,38)/t21-,22+/m0/s1. The molecular weight excluding hydrogens is 539 g/mol. The van der Waals surface area contributed by atoms with Crippen molar-refractivity contribution in [3.05, 3.63) is 46.7 Å². The van der Waals surface area contributed by atoms with E-state index in [4.69, 9.17) is 15.2 Å². The van der Waals surface area contributed by atoms with Crippen LogP contribution in [0.4, 0.5) is 22.0 Å². The molecule has 0 saturated heterocycles. The summed E-state index contributed by atoms with van der Waals surface area (Å²) in [5.74, 6) is -5.02. The number of amides is 2. The van der Waals surface area contributed by atoms with Gasteiger partial charge in [0.1, 0.15) is 5.56 Å². The van der Waals surface area contributed by atoms with Gasteiger partial charge in [0.2, 0.25) is 11.8 Å². The molecule has 0 spiro atoms. The highest BCUT2D eigenvalue weighted by atomic mass is 19.4. The minimum absolute atomic E-state index is 0.0699. The molecule has 2 saturated carbocycles. The number of rotatable bonds is 9. The van der Waals surface area contributed by atoms with E-state index < -0.39 is 48.7 Å². The van der Waals surface area contributed by atoms with Gasteiger partial charge in [-0.3, -0.25) is 9.59 Å². The van der Waals surface area contributed by atoms with E-state index in [9.17, 15) is 31.5 Å². The van der Waals surface area contributed by atoms with E-state index in [-0.39, 0.29) is 54.5 Å². The number of hydrogen-bond donors (Lipinski definition) is 2. The molecule has 3 aromatic heterocycles. The fourth-order valence-corrected chi connectivity index (χ4v) is 5.52. The second-order valence-corrected chi connectivity index (χ2v) is 10.8. The average molecular weight is 569 g/mol. The van der Waals surface area contributed by atoms with Crippen molar-refractivity contribution in [1.29, 1.82) is 0 Å². The Balaban J connectivity index is 1.47. The lowest BCUT2D eigenvalue weighted by Crippen LogP contribution is -2.30. The lowest BCUT2D eigenvalue weighted by molar-refractivity contribution is -0.144. The van der Waals surface area contributed by atoms with E-state index in [2.05, 4.69) is 15.6 Å². The number of imidazole rings is 1. The van der Waals surface area contributed by atoms with Crippen molar-refractivity contribution in [1.82, 2.24) is 25.1 Å². The van der Waals surface area contributed by atoms with Gasteiger partial charge in [0, 0.05) is 19.3 Å². The number of carbonyl (C=O) groups is 2. The normalized spacial score (nSPS) is 19.4. The fraction of sp³-hybridized carbons (Fsp3) is 0.577. The van der Waals surface area contributed by atoms with Gasteiger partial charge in [-0.25, -0.2) is 18.3 Å². The third-order valence-electron chi connectivity index (χ3n) is 7.73. The third kappa shape index (κ3) is 6.09. The van der Waals surface area contributed by atoms with Gasteiger partial charge >= 0.3 is 6.18 Å². The average Bonchev–Trinajstić information content (AvgIpc) is 3.51. The fourth-order valence-electron chi connectivity index (χ4n) is 5.52. The number of primary amides is 1. The molecule has 0 radical (unpaired) electrons. The van der Waals surface area contributed by atoms with Gasteiger partial charge < -0.3 is 15.6 Å². The Hall–Kier alpha value is -3.58. The Bertz CT molecular complexity index is 1400. The summed E-state index contributed by atoms with van der Waals surface area (Å²) < 4.78 is 72.7. The van der Waals surface area contributed by atoms with Gasteiger partial charge in [-0.15, -0.1) is 0 Å². The minimum atomic E-state index is -4.43. The number of fused-ring (bicyclic) bond motifs is 1. The molecule has 2 fully saturated rings. The first kappa shape index (κ1) is 28.0. The molecule has 5 rings (SSSR count). The molecule has 2 aliphatic rings. The van der Waals surface area contributed by atoms with Crippen LogP contribution in [0.15, 0.2) is 23.0 Å². The molecule has 3 N–H and O–H groups in total. The largest absolute Gasteiger partial charge is 0.389 e. The summed E-state index contributed by atoms with van der Waals surface area (Å²) in [7, 11) is 0. The van der Waals surface area contributed by atoms with Crippen LogP contribution in [0, 0.1) is 18.8 Å². The van der Waals surface area contributed by atoms with E-state index in [1.165, 1.54) is 10.7 Å². The number of aromatic nitrogens is 4. The third-order valence-corrected chi connectivity index (χ3v) is 7.73. The molecule has 0 aliphatic heterocycles. The van der Waals surface area contributed by atoms with Crippen LogP contribution in [-0.4, -0.2) is 43.7 Å². The number of nitrogens with zero attached hydrogens (tertiary/aromatic N) is 4. The maximum atomic E-state index is 14.0. The summed E-state index contributed by atoms with van der Waals surface area (Å²) in [4.78, 5) is 29.2. The molecular formula is C26H29F5N6O3.